The quantitative estimate of drug-likeness (QED) is 0.800. The van der Waals surface area contributed by atoms with E-state index in [1.807, 2.05) is 37.3 Å². The summed E-state index contributed by atoms with van der Waals surface area (Å²) in [6.45, 7) is 7.30. The van der Waals surface area contributed by atoms with Crippen molar-refractivity contribution in [1.29, 1.82) is 0 Å². The lowest BCUT2D eigenvalue weighted by molar-refractivity contribution is -0.136. The maximum Gasteiger partial charge on any atom is 0.409 e. The zero-order valence-electron chi connectivity index (χ0n) is 16.4. The molecule has 7 heteroatoms. The van der Waals surface area contributed by atoms with Crippen molar-refractivity contribution in [1.82, 2.24) is 15.1 Å². The SMILES string of the molecule is C=CC(=O)N1CCC(C(=O)NC2(C)CN(C(=O)OC)C2)(c2ccccc2)CC1. The average molecular weight is 385 g/mol. The zero-order valence-corrected chi connectivity index (χ0v) is 16.4. The lowest BCUT2D eigenvalue weighted by Gasteiger charge is -2.49. The van der Waals surface area contributed by atoms with Crippen molar-refractivity contribution < 1.29 is 19.1 Å². The van der Waals surface area contributed by atoms with E-state index in [-0.39, 0.29) is 17.9 Å². The van der Waals surface area contributed by atoms with Gasteiger partial charge in [-0.15, -0.1) is 0 Å². The van der Waals surface area contributed by atoms with Gasteiger partial charge in [-0.3, -0.25) is 9.59 Å². The molecular formula is C21H27N3O4. The lowest BCUT2D eigenvalue weighted by atomic mass is 9.71. The molecule has 1 aromatic rings. The summed E-state index contributed by atoms with van der Waals surface area (Å²) in [5.74, 6) is -0.168. The Morgan fingerprint density at radius 2 is 1.71 bits per heavy atom. The Kier molecular flexibility index (Phi) is 5.45. The molecule has 2 saturated heterocycles. The van der Waals surface area contributed by atoms with E-state index in [2.05, 4.69) is 11.9 Å². The number of methoxy groups -OCH3 is 1. The van der Waals surface area contributed by atoms with Gasteiger partial charge in [-0.2, -0.15) is 0 Å². The Morgan fingerprint density at radius 3 is 2.25 bits per heavy atom. The van der Waals surface area contributed by atoms with Crippen LogP contribution < -0.4 is 5.32 Å². The minimum atomic E-state index is -0.700. The van der Waals surface area contributed by atoms with Crippen molar-refractivity contribution in [2.75, 3.05) is 33.3 Å². The maximum absolute atomic E-state index is 13.5. The molecule has 7 nitrogen and oxygen atoms in total. The number of hydrogen-bond acceptors (Lipinski definition) is 4. The third-order valence-electron chi connectivity index (χ3n) is 5.79. The van der Waals surface area contributed by atoms with Crippen molar-refractivity contribution in [2.45, 2.75) is 30.7 Å². The van der Waals surface area contributed by atoms with Crippen LogP contribution in [-0.4, -0.2) is 66.5 Å². The molecule has 0 spiro atoms. The smallest absolute Gasteiger partial charge is 0.409 e. The van der Waals surface area contributed by atoms with Gasteiger partial charge in [0, 0.05) is 26.2 Å². The first-order chi connectivity index (χ1) is 13.3. The van der Waals surface area contributed by atoms with Gasteiger partial charge in [0.1, 0.15) is 0 Å². The molecule has 150 valence electrons. The number of rotatable bonds is 4. The monoisotopic (exact) mass is 385 g/mol. The van der Waals surface area contributed by atoms with Gasteiger partial charge >= 0.3 is 6.09 Å². The fourth-order valence-corrected chi connectivity index (χ4v) is 4.17. The van der Waals surface area contributed by atoms with Crippen LogP contribution in [-0.2, 0) is 19.7 Å². The van der Waals surface area contributed by atoms with Gasteiger partial charge in [-0.25, -0.2) is 4.79 Å². The summed E-state index contributed by atoms with van der Waals surface area (Å²) in [7, 11) is 1.35. The van der Waals surface area contributed by atoms with E-state index in [1.54, 1.807) is 9.80 Å². The number of nitrogens with zero attached hydrogens (tertiary/aromatic N) is 2. The molecule has 0 radical (unpaired) electrons. The summed E-state index contributed by atoms with van der Waals surface area (Å²) < 4.78 is 4.73. The molecule has 0 unspecified atom stereocenters. The van der Waals surface area contributed by atoms with E-state index in [1.165, 1.54) is 13.2 Å². The molecule has 3 rings (SSSR count). The second-order valence-electron chi connectivity index (χ2n) is 7.82. The molecule has 28 heavy (non-hydrogen) atoms. The Morgan fingerprint density at radius 1 is 1.11 bits per heavy atom. The van der Waals surface area contributed by atoms with E-state index in [4.69, 9.17) is 4.74 Å². The van der Waals surface area contributed by atoms with Crippen LogP contribution in [0.4, 0.5) is 4.79 Å². The van der Waals surface area contributed by atoms with Crippen molar-refractivity contribution in [3.05, 3.63) is 48.6 Å². The summed E-state index contributed by atoms with van der Waals surface area (Å²) >= 11 is 0. The molecule has 2 fully saturated rings. The summed E-state index contributed by atoms with van der Waals surface area (Å²) in [6.07, 6.45) is 2.01. The van der Waals surface area contributed by atoms with Crippen LogP contribution in [0.15, 0.2) is 43.0 Å². The highest BCUT2D eigenvalue weighted by Crippen LogP contribution is 2.37. The molecule has 1 N–H and O–H groups in total. The highest BCUT2D eigenvalue weighted by Gasteiger charge is 2.49. The first kappa shape index (κ1) is 19.9. The van der Waals surface area contributed by atoms with Gasteiger partial charge in [0.2, 0.25) is 11.8 Å². The Balaban J connectivity index is 1.77. The molecule has 2 aliphatic rings. The van der Waals surface area contributed by atoms with Crippen LogP contribution in [0.5, 0.6) is 0 Å². The molecule has 0 bridgehead atoms. The van der Waals surface area contributed by atoms with Crippen LogP contribution in [0.1, 0.15) is 25.3 Å². The molecule has 0 aliphatic carbocycles. The zero-order chi connectivity index (χ0) is 20.4. The summed E-state index contributed by atoms with van der Waals surface area (Å²) in [6, 6.07) is 9.71. The Labute approximate surface area is 165 Å². The minimum Gasteiger partial charge on any atom is -0.453 e. The fraction of sp³-hybridized carbons (Fsp3) is 0.476. The number of nitrogens with one attached hydrogen (secondary N) is 1. The number of benzene rings is 1. The van der Waals surface area contributed by atoms with Gasteiger partial charge in [-0.05, 0) is 31.4 Å². The Bertz CT molecular complexity index is 763. The highest BCUT2D eigenvalue weighted by molar-refractivity contribution is 5.91. The minimum absolute atomic E-state index is 0.0589. The van der Waals surface area contributed by atoms with Crippen LogP contribution in [0, 0.1) is 0 Å². The molecule has 0 atom stereocenters. The van der Waals surface area contributed by atoms with Gasteiger partial charge in [0.05, 0.1) is 18.1 Å². The summed E-state index contributed by atoms with van der Waals surface area (Å²) in [5.41, 5.74) is -0.236. The molecule has 1 aromatic carbocycles. The second-order valence-corrected chi connectivity index (χ2v) is 7.82. The van der Waals surface area contributed by atoms with Crippen LogP contribution >= 0.6 is 0 Å². The van der Waals surface area contributed by atoms with E-state index in [0.717, 1.165) is 5.56 Å². The average Bonchev–Trinajstić information content (AvgIpc) is 2.71. The molecule has 2 heterocycles. The maximum atomic E-state index is 13.5. The fourth-order valence-electron chi connectivity index (χ4n) is 4.17. The number of hydrogen-bond donors (Lipinski definition) is 1. The third-order valence-corrected chi connectivity index (χ3v) is 5.79. The largest absolute Gasteiger partial charge is 0.453 e. The number of amides is 3. The van der Waals surface area contributed by atoms with E-state index < -0.39 is 11.0 Å². The second kappa shape index (κ2) is 7.66. The molecular weight excluding hydrogens is 358 g/mol. The Hall–Kier alpha value is -2.83. The van der Waals surface area contributed by atoms with Gasteiger partial charge in [0.25, 0.3) is 0 Å². The molecule has 3 amide bonds. The summed E-state index contributed by atoms with van der Waals surface area (Å²) in [4.78, 5) is 40.3. The van der Waals surface area contributed by atoms with Crippen molar-refractivity contribution in [2.24, 2.45) is 0 Å². The number of carbonyl (C=O) groups is 3. The predicted octanol–water partition coefficient (Wildman–Crippen LogP) is 1.69. The van der Waals surface area contributed by atoms with Gasteiger partial charge < -0.3 is 19.9 Å². The predicted molar refractivity (Wildman–Crippen MR) is 105 cm³/mol. The summed E-state index contributed by atoms with van der Waals surface area (Å²) in [5, 5.41) is 3.16. The van der Waals surface area contributed by atoms with E-state index in [9.17, 15) is 14.4 Å². The van der Waals surface area contributed by atoms with Crippen molar-refractivity contribution in [3.8, 4) is 0 Å². The van der Waals surface area contributed by atoms with Gasteiger partial charge in [0.15, 0.2) is 0 Å². The van der Waals surface area contributed by atoms with Crippen molar-refractivity contribution >= 4 is 17.9 Å². The topological polar surface area (TPSA) is 79.0 Å². The third kappa shape index (κ3) is 3.61. The number of piperidine rings is 1. The molecule has 0 saturated carbocycles. The normalized spacial score (nSPS) is 19.9. The van der Waals surface area contributed by atoms with E-state index >= 15 is 0 Å². The highest BCUT2D eigenvalue weighted by atomic mass is 16.5. The van der Waals surface area contributed by atoms with Crippen molar-refractivity contribution in [3.63, 3.8) is 0 Å². The number of likely N-dealkylation sites (tertiary alicyclic amines) is 2. The standard InChI is InChI=1S/C21H27N3O4/c1-4-17(25)23-12-10-21(11-13-23,16-8-6-5-7-9-16)18(26)22-20(2)14-24(15-20)19(27)28-3/h4-9H,1,10-15H2,2-3H3,(H,22,26). The lowest BCUT2D eigenvalue weighted by Crippen LogP contribution is -2.71. The van der Waals surface area contributed by atoms with Crippen LogP contribution in [0.25, 0.3) is 0 Å². The molecule has 0 aromatic heterocycles. The first-order valence-corrected chi connectivity index (χ1v) is 9.46. The number of ether oxygens (including phenoxy) is 1. The first-order valence-electron chi connectivity index (χ1n) is 9.46. The van der Waals surface area contributed by atoms with Crippen LogP contribution in [0.3, 0.4) is 0 Å². The molecule has 2 aliphatic heterocycles. The van der Waals surface area contributed by atoms with Crippen LogP contribution in [0.2, 0.25) is 0 Å². The van der Waals surface area contributed by atoms with E-state index in [0.29, 0.717) is 39.0 Å². The number of carbonyl (C=O) groups excluding carboxylic acids is 3. The van der Waals surface area contributed by atoms with Gasteiger partial charge in [-0.1, -0.05) is 36.9 Å².